The molecule has 0 spiro atoms. The van der Waals surface area contributed by atoms with Crippen LogP contribution in [0.5, 0.6) is 0 Å². The predicted molar refractivity (Wildman–Crippen MR) is 87.9 cm³/mol. The number of hydrogen-bond donors (Lipinski definition) is 1. The first-order valence-corrected chi connectivity index (χ1v) is 7.65. The standard InChI is InChI=1S/C17H19Cl2N/c1-2-20-12-15(14-4-3-5-17(19)11-14)10-13-6-8-16(18)9-7-13/h3-9,11,15,20H,2,10,12H2,1H3. The summed E-state index contributed by atoms with van der Waals surface area (Å²) in [6.45, 7) is 4.04. The molecule has 1 unspecified atom stereocenters. The van der Waals surface area contributed by atoms with Gasteiger partial charge < -0.3 is 5.32 Å². The number of likely N-dealkylation sites (N-methyl/N-ethyl adjacent to an activating group) is 1. The summed E-state index contributed by atoms with van der Waals surface area (Å²) in [5, 5.41) is 5.00. The normalized spacial score (nSPS) is 12.3. The maximum atomic E-state index is 6.11. The maximum absolute atomic E-state index is 6.11. The third kappa shape index (κ3) is 4.52. The molecule has 2 aromatic carbocycles. The zero-order chi connectivity index (χ0) is 14.4. The lowest BCUT2D eigenvalue weighted by Crippen LogP contribution is -2.22. The molecule has 1 atom stereocenters. The summed E-state index contributed by atoms with van der Waals surface area (Å²) in [5.74, 6) is 0.412. The largest absolute Gasteiger partial charge is 0.316 e. The minimum atomic E-state index is 0.412. The molecule has 0 fully saturated rings. The van der Waals surface area contributed by atoms with Gasteiger partial charge in [0.25, 0.3) is 0 Å². The van der Waals surface area contributed by atoms with Crippen LogP contribution in [0.2, 0.25) is 10.0 Å². The van der Waals surface area contributed by atoms with Gasteiger partial charge >= 0.3 is 0 Å². The molecule has 0 radical (unpaired) electrons. The Morgan fingerprint density at radius 1 is 1.00 bits per heavy atom. The summed E-state index contributed by atoms with van der Waals surface area (Å²) < 4.78 is 0. The van der Waals surface area contributed by atoms with Gasteiger partial charge in [-0.15, -0.1) is 0 Å². The highest BCUT2D eigenvalue weighted by Gasteiger charge is 2.12. The van der Waals surface area contributed by atoms with Crippen LogP contribution >= 0.6 is 23.2 Å². The first-order valence-electron chi connectivity index (χ1n) is 6.89. The Kier molecular flexibility index (Phi) is 5.90. The van der Waals surface area contributed by atoms with Crippen LogP contribution in [-0.4, -0.2) is 13.1 Å². The van der Waals surface area contributed by atoms with Crippen LogP contribution in [0, 0.1) is 0 Å². The summed E-state index contributed by atoms with van der Waals surface area (Å²) in [6.07, 6.45) is 0.977. The zero-order valence-corrected chi connectivity index (χ0v) is 13.1. The van der Waals surface area contributed by atoms with Crippen LogP contribution in [-0.2, 0) is 6.42 Å². The molecule has 1 N–H and O–H groups in total. The molecule has 0 aliphatic heterocycles. The summed E-state index contributed by atoms with van der Waals surface area (Å²) in [7, 11) is 0. The van der Waals surface area contributed by atoms with E-state index in [1.165, 1.54) is 11.1 Å². The molecule has 0 heterocycles. The van der Waals surface area contributed by atoms with Gasteiger partial charge in [-0.3, -0.25) is 0 Å². The van der Waals surface area contributed by atoms with E-state index in [4.69, 9.17) is 23.2 Å². The van der Waals surface area contributed by atoms with Crippen molar-refractivity contribution in [3.63, 3.8) is 0 Å². The highest BCUT2D eigenvalue weighted by atomic mass is 35.5. The summed E-state index contributed by atoms with van der Waals surface area (Å²) >= 11 is 12.0. The van der Waals surface area contributed by atoms with Gasteiger partial charge in [0.05, 0.1) is 0 Å². The van der Waals surface area contributed by atoms with E-state index < -0.39 is 0 Å². The first kappa shape index (κ1) is 15.4. The average molecular weight is 308 g/mol. The van der Waals surface area contributed by atoms with Gasteiger partial charge in [-0.25, -0.2) is 0 Å². The summed E-state index contributed by atoms with van der Waals surface area (Å²) in [4.78, 5) is 0. The molecule has 0 bridgehead atoms. The molecular formula is C17H19Cl2N. The highest BCUT2D eigenvalue weighted by molar-refractivity contribution is 6.30. The molecule has 3 heteroatoms. The molecule has 20 heavy (non-hydrogen) atoms. The second kappa shape index (κ2) is 7.68. The second-order valence-electron chi connectivity index (χ2n) is 4.89. The SMILES string of the molecule is CCNCC(Cc1ccc(Cl)cc1)c1cccc(Cl)c1. The third-order valence-corrected chi connectivity index (χ3v) is 3.84. The third-order valence-electron chi connectivity index (χ3n) is 3.36. The molecule has 0 aromatic heterocycles. The first-order chi connectivity index (χ1) is 9.69. The summed E-state index contributed by atoms with van der Waals surface area (Å²) in [5.41, 5.74) is 2.56. The second-order valence-corrected chi connectivity index (χ2v) is 5.76. The van der Waals surface area contributed by atoms with E-state index in [-0.39, 0.29) is 0 Å². The number of rotatable bonds is 6. The Labute approximate surface area is 130 Å². The van der Waals surface area contributed by atoms with Crippen molar-refractivity contribution < 1.29 is 0 Å². The average Bonchev–Trinajstić information content (AvgIpc) is 2.45. The minimum Gasteiger partial charge on any atom is -0.316 e. The number of hydrogen-bond acceptors (Lipinski definition) is 1. The number of benzene rings is 2. The van der Waals surface area contributed by atoms with Crippen molar-refractivity contribution in [3.8, 4) is 0 Å². The van der Waals surface area contributed by atoms with Crippen LogP contribution in [0.25, 0.3) is 0 Å². The lowest BCUT2D eigenvalue weighted by molar-refractivity contribution is 0.595. The van der Waals surface area contributed by atoms with Gasteiger partial charge in [0.1, 0.15) is 0 Å². The Morgan fingerprint density at radius 2 is 1.75 bits per heavy atom. The fourth-order valence-electron chi connectivity index (χ4n) is 2.29. The molecule has 106 valence electrons. The van der Waals surface area contributed by atoms with Crippen molar-refractivity contribution in [3.05, 3.63) is 69.7 Å². The molecule has 0 saturated heterocycles. The van der Waals surface area contributed by atoms with E-state index in [1.54, 1.807) is 0 Å². The van der Waals surface area contributed by atoms with Crippen molar-refractivity contribution in [2.45, 2.75) is 19.3 Å². The molecule has 2 aromatic rings. The van der Waals surface area contributed by atoms with Crippen molar-refractivity contribution in [2.75, 3.05) is 13.1 Å². The van der Waals surface area contributed by atoms with Crippen LogP contribution in [0.1, 0.15) is 24.0 Å². The molecule has 0 aliphatic rings. The van der Waals surface area contributed by atoms with Gasteiger partial charge in [0, 0.05) is 22.5 Å². The Balaban J connectivity index is 2.16. The highest BCUT2D eigenvalue weighted by Crippen LogP contribution is 2.24. The maximum Gasteiger partial charge on any atom is 0.0408 e. The molecule has 0 aliphatic carbocycles. The van der Waals surface area contributed by atoms with Gasteiger partial charge in [-0.1, -0.05) is 54.4 Å². The minimum absolute atomic E-state index is 0.412. The fourth-order valence-corrected chi connectivity index (χ4v) is 2.62. The van der Waals surface area contributed by atoms with Crippen molar-refractivity contribution in [1.29, 1.82) is 0 Å². The monoisotopic (exact) mass is 307 g/mol. The number of nitrogens with one attached hydrogen (secondary N) is 1. The molecular weight excluding hydrogens is 289 g/mol. The van der Waals surface area contributed by atoms with Gasteiger partial charge in [-0.05, 0) is 48.4 Å². The van der Waals surface area contributed by atoms with Gasteiger partial charge in [0.2, 0.25) is 0 Å². The molecule has 2 rings (SSSR count). The van der Waals surface area contributed by atoms with Crippen molar-refractivity contribution in [1.82, 2.24) is 5.32 Å². The van der Waals surface area contributed by atoms with Crippen molar-refractivity contribution in [2.24, 2.45) is 0 Å². The van der Waals surface area contributed by atoms with Gasteiger partial charge in [0.15, 0.2) is 0 Å². The Morgan fingerprint density at radius 3 is 2.40 bits per heavy atom. The molecule has 1 nitrogen and oxygen atoms in total. The van der Waals surface area contributed by atoms with E-state index >= 15 is 0 Å². The van der Waals surface area contributed by atoms with E-state index in [1.807, 2.05) is 24.3 Å². The van der Waals surface area contributed by atoms with Crippen LogP contribution < -0.4 is 5.32 Å². The van der Waals surface area contributed by atoms with Crippen molar-refractivity contribution >= 4 is 23.2 Å². The molecule has 0 amide bonds. The fraction of sp³-hybridized carbons (Fsp3) is 0.294. The van der Waals surface area contributed by atoms with Crippen LogP contribution in [0.15, 0.2) is 48.5 Å². The topological polar surface area (TPSA) is 12.0 Å². The van der Waals surface area contributed by atoms with Gasteiger partial charge in [-0.2, -0.15) is 0 Å². The van der Waals surface area contributed by atoms with E-state index in [2.05, 4.69) is 36.5 Å². The predicted octanol–water partition coefficient (Wildman–Crippen LogP) is 4.93. The quantitative estimate of drug-likeness (QED) is 0.798. The van der Waals surface area contributed by atoms with Crippen LogP contribution in [0.4, 0.5) is 0 Å². The molecule has 0 saturated carbocycles. The lowest BCUT2D eigenvalue weighted by Gasteiger charge is -2.18. The van der Waals surface area contributed by atoms with E-state index in [0.717, 1.165) is 29.6 Å². The Hall–Kier alpha value is -1.02. The van der Waals surface area contributed by atoms with E-state index in [0.29, 0.717) is 5.92 Å². The zero-order valence-electron chi connectivity index (χ0n) is 11.6. The number of halogens is 2. The lowest BCUT2D eigenvalue weighted by atomic mass is 9.92. The summed E-state index contributed by atoms with van der Waals surface area (Å²) in [6, 6.07) is 16.2. The smallest absolute Gasteiger partial charge is 0.0408 e. The van der Waals surface area contributed by atoms with Crippen LogP contribution in [0.3, 0.4) is 0 Å². The van der Waals surface area contributed by atoms with E-state index in [9.17, 15) is 0 Å². The Bertz CT molecular complexity index is 537.